The van der Waals surface area contributed by atoms with E-state index in [-0.39, 0.29) is 19.9 Å². The number of hydrogen-bond donors (Lipinski definition) is 2. The van der Waals surface area contributed by atoms with E-state index in [0.717, 1.165) is 5.56 Å². The first-order chi connectivity index (χ1) is 13.7. The summed E-state index contributed by atoms with van der Waals surface area (Å²) in [6, 6.07) is 11.8. The molecule has 1 aliphatic heterocycles. The molecule has 8 heteroatoms. The van der Waals surface area contributed by atoms with Crippen LogP contribution in [0.25, 0.3) is 0 Å². The second-order valence-electron chi connectivity index (χ2n) is 5.61. The van der Waals surface area contributed by atoms with Crippen LogP contribution in [-0.2, 0) is 4.79 Å². The highest BCUT2D eigenvalue weighted by molar-refractivity contribution is 5.97. The first-order valence-electron chi connectivity index (χ1n) is 8.32. The van der Waals surface area contributed by atoms with Crippen molar-refractivity contribution in [1.82, 2.24) is 10.7 Å². The van der Waals surface area contributed by atoms with E-state index in [1.807, 2.05) is 0 Å². The van der Waals surface area contributed by atoms with Gasteiger partial charge in [-0.05, 0) is 48.0 Å². The first-order valence-corrected chi connectivity index (χ1v) is 8.32. The highest BCUT2D eigenvalue weighted by atomic mass is 16.7. The number of benzene rings is 2. The van der Waals surface area contributed by atoms with Gasteiger partial charge in [0, 0.05) is 5.56 Å². The zero-order chi connectivity index (χ0) is 19.8. The van der Waals surface area contributed by atoms with Crippen LogP contribution in [-0.4, -0.2) is 38.0 Å². The molecule has 0 fully saturated rings. The third kappa shape index (κ3) is 5.02. The Hall–Kier alpha value is -3.99. The maximum absolute atomic E-state index is 12.1. The third-order valence-corrected chi connectivity index (χ3v) is 3.65. The molecule has 0 atom stereocenters. The molecule has 28 heavy (non-hydrogen) atoms. The van der Waals surface area contributed by atoms with Crippen molar-refractivity contribution >= 4 is 18.0 Å². The molecule has 2 N–H and O–H groups in total. The summed E-state index contributed by atoms with van der Waals surface area (Å²) in [4.78, 5) is 23.9. The van der Waals surface area contributed by atoms with E-state index in [1.165, 1.54) is 6.21 Å². The Morgan fingerprint density at radius 1 is 1.18 bits per heavy atom. The van der Waals surface area contributed by atoms with Crippen molar-refractivity contribution in [2.45, 2.75) is 0 Å². The summed E-state index contributed by atoms with van der Waals surface area (Å²) < 4.78 is 15.7. The summed E-state index contributed by atoms with van der Waals surface area (Å²) in [6.07, 6.45) is 6.60. The number of hydrazone groups is 1. The average Bonchev–Trinajstić information content (AvgIpc) is 3.19. The molecule has 0 radical (unpaired) electrons. The van der Waals surface area contributed by atoms with Gasteiger partial charge < -0.3 is 19.5 Å². The highest BCUT2D eigenvalue weighted by Crippen LogP contribution is 2.32. The molecule has 1 aliphatic rings. The molecule has 0 unspecified atom stereocenters. The normalized spacial score (nSPS) is 11.7. The molecule has 8 nitrogen and oxygen atoms in total. The number of hydrogen-bond acceptors (Lipinski definition) is 6. The minimum absolute atomic E-state index is 0.126. The molecule has 0 aromatic heterocycles. The molecule has 3 rings (SSSR count). The lowest BCUT2D eigenvalue weighted by molar-refractivity contribution is -0.120. The van der Waals surface area contributed by atoms with Crippen LogP contribution < -0.4 is 25.0 Å². The quantitative estimate of drug-likeness (QED) is 0.429. The zero-order valence-electron chi connectivity index (χ0n) is 14.8. The van der Waals surface area contributed by atoms with Crippen LogP contribution in [0, 0.1) is 12.3 Å². The molecule has 2 aromatic carbocycles. The van der Waals surface area contributed by atoms with Gasteiger partial charge in [0.15, 0.2) is 11.5 Å². The largest absolute Gasteiger partial charge is 0.481 e. The van der Waals surface area contributed by atoms with E-state index in [1.54, 1.807) is 42.5 Å². The molecule has 0 aliphatic carbocycles. The predicted octanol–water partition coefficient (Wildman–Crippen LogP) is 1.31. The fourth-order valence-corrected chi connectivity index (χ4v) is 2.29. The van der Waals surface area contributed by atoms with E-state index >= 15 is 0 Å². The van der Waals surface area contributed by atoms with Crippen molar-refractivity contribution in [2.24, 2.45) is 5.10 Å². The molecule has 1 heterocycles. The van der Waals surface area contributed by atoms with Crippen molar-refractivity contribution in [3.8, 4) is 29.6 Å². The van der Waals surface area contributed by atoms with Gasteiger partial charge in [-0.2, -0.15) is 5.10 Å². The standard InChI is InChI=1S/C20H17N3O5/c1-2-9-26-16-6-3-14(4-7-16)11-22-23-19(24)12-21-20(25)15-5-8-17-18(10-15)28-13-27-17/h1,3-8,10-11H,9,12-13H2,(H,21,25)(H,23,24). The van der Waals surface area contributed by atoms with Gasteiger partial charge in [0.25, 0.3) is 11.8 Å². The van der Waals surface area contributed by atoms with Gasteiger partial charge in [-0.25, -0.2) is 5.43 Å². The monoisotopic (exact) mass is 379 g/mol. The summed E-state index contributed by atoms with van der Waals surface area (Å²) in [5.74, 6) is 3.24. The van der Waals surface area contributed by atoms with E-state index < -0.39 is 11.8 Å². The van der Waals surface area contributed by atoms with Crippen LogP contribution in [0.1, 0.15) is 15.9 Å². The van der Waals surface area contributed by atoms with Crippen LogP contribution in [0.5, 0.6) is 17.2 Å². The molecule has 0 saturated heterocycles. The Labute approximate surface area is 161 Å². The summed E-state index contributed by atoms with van der Waals surface area (Å²) in [7, 11) is 0. The Balaban J connectivity index is 1.43. The van der Waals surface area contributed by atoms with Crippen LogP contribution in [0.3, 0.4) is 0 Å². The predicted molar refractivity (Wildman–Crippen MR) is 101 cm³/mol. The fourth-order valence-electron chi connectivity index (χ4n) is 2.29. The number of carbonyl (C=O) groups excluding carboxylic acids is 2. The number of amides is 2. The number of carbonyl (C=O) groups is 2. The van der Waals surface area contributed by atoms with Crippen LogP contribution in [0.15, 0.2) is 47.6 Å². The molecule has 0 bridgehead atoms. The Kier molecular flexibility index (Phi) is 6.10. The number of nitrogens with one attached hydrogen (secondary N) is 2. The highest BCUT2D eigenvalue weighted by Gasteiger charge is 2.16. The van der Waals surface area contributed by atoms with Gasteiger partial charge >= 0.3 is 0 Å². The van der Waals surface area contributed by atoms with E-state index in [9.17, 15) is 9.59 Å². The van der Waals surface area contributed by atoms with Crippen molar-refractivity contribution in [3.05, 3.63) is 53.6 Å². The van der Waals surface area contributed by atoms with E-state index in [2.05, 4.69) is 21.8 Å². The minimum atomic E-state index is -0.459. The van der Waals surface area contributed by atoms with E-state index in [0.29, 0.717) is 22.8 Å². The summed E-state index contributed by atoms with van der Waals surface area (Å²) in [5, 5.41) is 6.36. The van der Waals surface area contributed by atoms with Crippen molar-refractivity contribution < 1.29 is 23.8 Å². The van der Waals surface area contributed by atoms with Gasteiger partial charge in [0.2, 0.25) is 6.79 Å². The summed E-state index contributed by atoms with van der Waals surface area (Å²) in [6.45, 7) is 0.104. The first kappa shape index (κ1) is 18.8. The van der Waals surface area contributed by atoms with Crippen LogP contribution >= 0.6 is 0 Å². The maximum atomic E-state index is 12.1. The number of terminal acetylenes is 1. The number of fused-ring (bicyclic) bond motifs is 1. The molecule has 2 aromatic rings. The SMILES string of the molecule is C#CCOc1ccc(C=NNC(=O)CNC(=O)c2ccc3c(c2)OCO3)cc1. The van der Waals surface area contributed by atoms with Gasteiger partial charge in [-0.15, -0.1) is 6.42 Å². The van der Waals surface area contributed by atoms with Crippen LogP contribution in [0.2, 0.25) is 0 Å². The average molecular weight is 379 g/mol. The van der Waals surface area contributed by atoms with Crippen molar-refractivity contribution in [1.29, 1.82) is 0 Å². The van der Waals surface area contributed by atoms with Gasteiger partial charge in [-0.1, -0.05) is 5.92 Å². The Bertz CT molecular complexity index is 932. The van der Waals surface area contributed by atoms with Gasteiger partial charge in [0.05, 0.1) is 12.8 Å². The van der Waals surface area contributed by atoms with Crippen molar-refractivity contribution in [2.75, 3.05) is 19.9 Å². The zero-order valence-corrected chi connectivity index (χ0v) is 14.8. The molecular formula is C20H17N3O5. The second kappa shape index (κ2) is 9.09. The van der Waals surface area contributed by atoms with E-state index in [4.69, 9.17) is 20.6 Å². The smallest absolute Gasteiger partial charge is 0.259 e. The number of ether oxygens (including phenoxy) is 3. The fraction of sp³-hybridized carbons (Fsp3) is 0.150. The molecule has 0 spiro atoms. The third-order valence-electron chi connectivity index (χ3n) is 3.65. The molecule has 2 amide bonds. The lowest BCUT2D eigenvalue weighted by atomic mass is 10.2. The van der Waals surface area contributed by atoms with Crippen LogP contribution in [0.4, 0.5) is 0 Å². The van der Waals surface area contributed by atoms with Gasteiger partial charge in [0.1, 0.15) is 12.4 Å². The van der Waals surface area contributed by atoms with Gasteiger partial charge in [-0.3, -0.25) is 9.59 Å². The summed E-state index contributed by atoms with van der Waals surface area (Å²) in [5.41, 5.74) is 3.47. The lowest BCUT2D eigenvalue weighted by Crippen LogP contribution is -2.34. The maximum Gasteiger partial charge on any atom is 0.259 e. The molecule has 0 saturated carbocycles. The Morgan fingerprint density at radius 2 is 1.96 bits per heavy atom. The topological polar surface area (TPSA) is 98.2 Å². The molecule has 142 valence electrons. The second-order valence-corrected chi connectivity index (χ2v) is 5.61. The Morgan fingerprint density at radius 3 is 2.75 bits per heavy atom. The molecular weight excluding hydrogens is 362 g/mol. The summed E-state index contributed by atoms with van der Waals surface area (Å²) >= 11 is 0. The number of rotatable bonds is 7. The lowest BCUT2D eigenvalue weighted by Gasteiger charge is -2.05. The number of nitrogens with zero attached hydrogens (tertiary/aromatic N) is 1. The minimum Gasteiger partial charge on any atom is -0.481 e. The van der Waals surface area contributed by atoms with Crippen molar-refractivity contribution in [3.63, 3.8) is 0 Å².